The van der Waals surface area contributed by atoms with E-state index in [2.05, 4.69) is 25.2 Å². The first-order valence-corrected chi connectivity index (χ1v) is 15.1. The number of aromatic nitrogens is 3. The maximum absolute atomic E-state index is 13.6. The van der Waals surface area contributed by atoms with Crippen LogP contribution in [0, 0.1) is 0 Å². The third-order valence-corrected chi connectivity index (χ3v) is 9.91. The molecule has 3 heterocycles. The number of carbonyl (C=O) groups excluding carboxylic acids is 1. The largest absolute Gasteiger partial charge is 0.573 e. The summed E-state index contributed by atoms with van der Waals surface area (Å²) in [5, 5.41) is 10.6. The summed E-state index contributed by atoms with van der Waals surface area (Å²) >= 11 is 7.26. The number of fused-ring (bicyclic) bond motifs is 1. The van der Waals surface area contributed by atoms with E-state index < -0.39 is 50.7 Å². The Labute approximate surface area is 254 Å². The van der Waals surface area contributed by atoms with Gasteiger partial charge in [0, 0.05) is 26.2 Å². The van der Waals surface area contributed by atoms with E-state index in [1.165, 1.54) is 18.3 Å². The lowest BCUT2D eigenvalue weighted by Gasteiger charge is -2.39. The van der Waals surface area contributed by atoms with E-state index in [1.54, 1.807) is 4.90 Å². The Morgan fingerprint density at radius 3 is 2.34 bits per heavy atom. The first-order chi connectivity index (χ1) is 20.6. The van der Waals surface area contributed by atoms with E-state index in [4.69, 9.17) is 11.6 Å². The molecule has 1 fully saturated rings. The highest BCUT2D eigenvalue weighted by Crippen LogP contribution is 2.35. The van der Waals surface area contributed by atoms with Crippen molar-refractivity contribution in [2.24, 2.45) is 0 Å². The molecule has 19 heteroatoms. The number of thiazole rings is 1. The van der Waals surface area contributed by atoms with Crippen LogP contribution in [0.25, 0.3) is 10.2 Å². The van der Waals surface area contributed by atoms with E-state index in [0.29, 0.717) is 33.0 Å². The molecule has 234 valence electrons. The molecule has 1 amide bonds. The summed E-state index contributed by atoms with van der Waals surface area (Å²) in [7, 11) is -4.46. The Hall–Kier alpha value is -3.74. The van der Waals surface area contributed by atoms with Gasteiger partial charge < -0.3 is 15.0 Å². The van der Waals surface area contributed by atoms with E-state index in [9.17, 15) is 39.6 Å². The fourth-order valence-corrected chi connectivity index (χ4v) is 7.15. The average Bonchev–Trinajstić information content (AvgIpc) is 3.41. The second-order valence-corrected chi connectivity index (χ2v) is 12.6. The second-order valence-electron chi connectivity index (χ2n) is 9.36. The molecule has 0 aliphatic carbocycles. The molecule has 1 atom stereocenters. The van der Waals surface area contributed by atoms with E-state index in [-0.39, 0.29) is 31.3 Å². The van der Waals surface area contributed by atoms with E-state index >= 15 is 0 Å². The number of benzene rings is 2. The summed E-state index contributed by atoms with van der Waals surface area (Å²) in [4.78, 5) is 19.2. The van der Waals surface area contributed by atoms with Crippen LogP contribution >= 0.6 is 22.9 Å². The number of carbonyl (C=O) groups is 1. The zero-order chi connectivity index (χ0) is 31.9. The first-order valence-electron chi connectivity index (χ1n) is 12.5. The average molecular weight is 681 g/mol. The van der Waals surface area contributed by atoms with Crippen molar-refractivity contribution in [2.75, 3.05) is 24.5 Å². The number of ether oxygens (including phenoxy) is 1. The molecule has 1 saturated heterocycles. The zero-order valence-electron chi connectivity index (χ0n) is 21.9. The van der Waals surface area contributed by atoms with Crippen LogP contribution in [0.3, 0.4) is 0 Å². The molecule has 10 nitrogen and oxygen atoms in total. The Morgan fingerprint density at radius 1 is 1.05 bits per heavy atom. The zero-order valence-corrected chi connectivity index (χ0v) is 24.3. The number of sulfonamides is 1. The molecule has 1 aliphatic heterocycles. The Morgan fingerprint density at radius 2 is 1.73 bits per heavy atom. The Balaban J connectivity index is 1.40. The van der Waals surface area contributed by atoms with Crippen molar-refractivity contribution in [2.45, 2.75) is 30.0 Å². The summed E-state index contributed by atoms with van der Waals surface area (Å²) < 4.78 is 109. The van der Waals surface area contributed by atoms with Gasteiger partial charge in [-0.05, 0) is 42.0 Å². The highest BCUT2D eigenvalue weighted by atomic mass is 35.5. The van der Waals surface area contributed by atoms with Crippen LogP contribution in [0.1, 0.15) is 11.1 Å². The molecular formula is C25H19ClF6N6O4S2. The van der Waals surface area contributed by atoms with Gasteiger partial charge in [-0.3, -0.25) is 4.79 Å². The summed E-state index contributed by atoms with van der Waals surface area (Å²) in [6.07, 6.45) is -8.17. The summed E-state index contributed by atoms with van der Waals surface area (Å²) in [6.45, 7) is -0.528. The van der Waals surface area contributed by atoms with Gasteiger partial charge in [0.1, 0.15) is 17.3 Å². The molecule has 4 aromatic rings. The van der Waals surface area contributed by atoms with Crippen LogP contribution in [0.5, 0.6) is 5.75 Å². The van der Waals surface area contributed by atoms with Gasteiger partial charge in [-0.25, -0.2) is 13.4 Å². The minimum atomic E-state index is -4.88. The number of halogens is 7. The SMILES string of the molecule is O=C(NCc1ccc(OC(F)(F)F)cc1)[C@H]1CN(c2nc3cnnc(Cl)c3s2)CCN1S(=O)(=O)c1ccc(C(F)(F)F)cc1. The Bertz CT molecular complexity index is 1770. The molecule has 0 unspecified atom stereocenters. The van der Waals surface area contributed by atoms with Gasteiger partial charge in [-0.15, -0.1) is 18.3 Å². The molecule has 0 radical (unpaired) electrons. The quantitative estimate of drug-likeness (QED) is 0.276. The van der Waals surface area contributed by atoms with Gasteiger partial charge in [-0.1, -0.05) is 35.1 Å². The van der Waals surface area contributed by atoms with Crippen molar-refractivity contribution in [3.8, 4) is 5.75 Å². The topological polar surface area (TPSA) is 118 Å². The highest BCUT2D eigenvalue weighted by Gasteiger charge is 2.41. The number of anilines is 1. The lowest BCUT2D eigenvalue weighted by molar-refractivity contribution is -0.274. The van der Waals surface area contributed by atoms with E-state index in [1.807, 2.05) is 0 Å². The van der Waals surface area contributed by atoms with Crippen molar-refractivity contribution in [3.63, 3.8) is 0 Å². The molecule has 2 aromatic carbocycles. The van der Waals surface area contributed by atoms with Crippen molar-refractivity contribution >= 4 is 54.2 Å². The van der Waals surface area contributed by atoms with Gasteiger partial charge in [0.05, 0.1) is 21.4 Å². The minimum absolute atomic E-state index is 0.0720. The van der Waals surface area contributed by atoms with Gasteiger partial charge in [0.25, 0.3) is 0 Å². The van der Waals surface area contributed by atoms with Crippen molar-refractivity contribution in [1.29, 1.82) is 0 Å². The fraction of sp³-hybridized carbons (Fsp3) is 0.280. The highest BCUT2D eigenvalue weighted by molar-refractivity contribution is 7.89. The molecule has 0 spiro atoms. The maximum atomic E-state index is 13.6. The molecule has 1 N–H and O–H groups in total. The number of rotatable bonds is 7. The number of hydrogen-bond donors (Lipinski definition) is 1. The van der Waals surface area contributed by atoms with Gasteiger partial charge >= 0.3 is 12.5 Å². The molecule has 2 aromatic heterocycles. The number of alkyl halides is 6. The molecule has 5 rings (SSSR count). The monoisotopic (exact) mass is 680 g/mol. The summed E-state index contributed by atoms with van der Waals surface area (Å²) in [5.41, 5.74) is -0.219. The fourth-order valence-electron chi connectivity index (χ4n) is 4.38. The number of hydrogen-bond acceptors (Lipinski definition) is 9. The summed E-state index contributed by atoms with van der Waals surface area (Å²) in [5.74, 6) is -1.23. The lowest BCUT2D eigenvalue weighted by Crippen LogP contribution is -2.60. The first kappa shape index (κ1) is 31.7. The van der Waals surface area contributed by atoms with Crippen LogP contribution in [0.4, 0.5) is 31.5 Å². The van der Waals surface area contributed by atoms with Crippen LogP contribution < -0.4 is 15.0 Å². The minimum Gasteiger partial charge on any atom is -0.406 e. The van der Waals surface area contributed by atoms with Gasteiger partial charge in [0.15, 0.2) is 10.3 Å². The van der Waals surface area contributed by atoms with Crippen molar-refractivity contribution in [3.05, 3.63) is 71.0 Å². The normalized spacial score (nSPS) is 16.7. The van der Waals surface area contributed by atoms with Gasteiger partial charge in [0.2, 0.25) is 15.9 Å². The molecule has 0 saturated carbocycles. The number of nitrogens with zero attached hydrogens (tertiary/aromatic N) is 5. The third kappa shape index (κ3) is 6.98. The van der Waals surface area contributed by atoms with Crippen LogP contribution in [-0.4, -0.2) is 65.9 Å². The maximum Gasteiger partial charge on any atom is 0.573 e. The van der Waals surface area contributed by atoms with Crippen molar-refractivity contribution in [1.82, 2.24) is 24.8 Å². The predicted octanol–water partition coefficient (Wildman–Crippen LogP) is 4.85. The second kappa shape index (κ2) is 12.0. The molecule has 1 aliphatic rings. The van der Waals surface area contributed by atoms with E-state index in [0.717, 1.165) is 39.9 Å². The molecular weight excluding hydrogens is 662 g/mol. The van der Waals surface area contributed by atoms with Crippen molar-refractivity contribution < 1.29 is 44.3 Å². The van der Waals surface area contributed by atoms with Gasteiger partial charge in [-0.2, -0.15) is 22.6 Å². The lowest BCUT2D eigenvalue weighted by atomic mass is 10.1. The smallest absolute Gasteiger partial charge is 0.406 e. The standard InChI is InChI=1S/C25H19ClF6N6O4S2/c26-21-20-18(12-34-36-21)35-23(43-20)37-9-10-38(44(40,41)17-7-3-15(4-8-17)24(27,28)29)19(13-37)22(39)33-11-14-1-5-16(6-2-14)42-25(30,31)32/h1-8,12,19H,9-11,13H2,(H,33,39)/t19-/m1/s1. The number of piperazine rings is 1. The molecule has 0 bridgehead atoms. The number of amides is 1. The number of nitrogens with one attached hydrogen (secondary N) is 1. The van der Waals surface area contributed by atoms with Crippen LogP contribution in [0.15, 0.2) is 59.6 Å². The van der Waals surface area contributed by atoms with Crippen LogP contribution in [-0.2, 0) is 27.5 Å². The summed E-state index contributed by atoms with van der Waals surface area (Å²) in [6, 6.07) is 6.23. The third-order valence-electron chi connectivity index (χ3n) is 6.47. The Kier molecular flexibility index (Phi) is 8.63. The predicted molar refractivity (Wildman–Crippen MR) is 147 cm³/mol. The molecule has 44 heavy (non-hydrogen) atoms. The van der Waals surface area contributed by atoms with Crippen LogP contribution in [0.2, 0.25) is 5.15 Å².